The Morgan fingerprint density at radius 1 is 0.905 bits per heavy atom. The molecule has 9 heteroatoms. The number of nitrogens with zero attached hydrogens (tertiary/aromatic N) is 1. The van der Waals surface area contributed by atoms with Crippen LogP contribution < -0.4 is 5.32 Å². The number of carbonyl (C=O) groups excluding carboxylic acids is 2. The zero-order chi connectivity index (χ0) is 17.1. The molecule has 0 aromatic carbocycles. The van der Waals surface area contributed by atoms with E-state index in [1.807, 2.05) is 0 Å². The Bertz CT molecular complexity index is 230. The molecule has 0 saturated heterocycles. The van der Waals surface area contributed by atoms with E-state index in [0.717, 1.165) is 0 Å². The smallest absolute Gasteiger partial charge is 0.219 e. The van der Waals surface area contributed by atoms with Gasteiger partial charge in [0.2, 0.25) is 11.1 Å². The molecule has 1 amide bonds. The molecule has 0 radical (unpaired) electrons. The third kappa shape index (κ3) is 32.6. The van der Waals surface area contributed by atoms with Crippen LogP contribution in [0.1, 0.15) is 13.8 Å². The number of halogens is 1. The van der Waals surface area contributed by atoms with Crippen molar-refractivity contribution in [2.75, 3.05) is 52.6 Å². The molecule has 0 fully saturated rings. The highest BCUT2D eigenvalue weighted by Crippen LogP contribution is 1.86. The van der Waals surface area contributed by atoms with E-state index in [2.05, 4.69) is 16.9 Å². The number of nitrogens with one attached hydrogen (secondary N) is 1. The summed E-state index contributed by atoms with van der Waals surface area (Å²) in [5, 5.41) is 35.6. The molecule has 0 heterocycles. The highest BCUT2D eigenvalue weighted by atomic mass is 35.5. The summed E-state index contributed by atoms with van der Waals surface area (Å²) in [6.07, 6.45) is 0. The quantitative estimate of drug-likeness (QED) is 0.261. The molecule has 128 valence electrons. The number of hydrogen-bond acceptors (Lipinski definition) is 7. The van der Waals surface area contributed by atoms with Crippen molar-refractivity contribution in [1.29, 1.82) is 0 Å². The van der Waals surface area contributed by atoms with Crippen LogP contribution in [0.25, 0.3) is 0 Å². The van der Waals surface area contributed by atoms with E-state index in [9.17, 15) is 9.59 Å². The van der Waals surface area contributed by atoms with Gasteiger partial charge in [0, 0.05) is 40.0 Å². The van der Waals surface area contributed by atoms with Crippen LogP contribution in [0.3, 0.4) is 0 Å². The second-order valence-electron chi connectivity index (χ2n) is 3.62. The summed E-state index contributed by atoms with van der Waals surface area (Å²) in [6.45, 7) is 4.61. The number of amides is 1. The lowest BCUT2D eigenvalue weighted by molar-refractivity contribution is -0.129. The van der Waals surface area contributed by atoms with E-state index in [1.165, 1.54) is 18.7 Å². The summed E-state index contributed by atoms with van der Waals surface area (Å²) >= 11 is 4.64. The molecule has 8 nitrogen and oxygen atoms in total. The predicted octanol–water partition coefficient (Wildman–Crippen LogP) is -1.85. The normalized spacial score (nSPS) is 8.90. The van der Waals surface area contributed by atoms with Gasteiger partial charge in [0.1, 0.15) is 0 Å². The van der Waals surface area contributed by atoms with Crippen molar-refractivity contribution in [3.8, 4) is 0 Å². The van der Waals surface area contributed by atoms with E-state index in [1.54, 1.807) is 0 Å². The van der Waals surface area contributed by atoms with Crippen molar-refractivity contribution in [1.82, 2.24) is 10.2 Å². The molecule has 0 unspecified atom stereocenters. The van der Waals surface area contributed by atoms with Crippen LogP contribution in [0.15, 0.2) is 0 Å². The van der Waals surface area contributed by atoms with Crippen molar-refractivity contribution in [2.24, 2.45) is 0 Å². The topological polar surface area (TPSA) is 130 Å². The Hall–Kier alpha value is -0.770. The maximum atomic E-state index is 10.6. The van der Waals surface area contributed by atoms with Gasteiger partial charge >= 0.3 is 0 Å². The second kappa shape index (κ2) is 21.5. The number of aliphatic hydroxyl groups is 4. The van der Waals surface area contributed by atoms with E-state index in [0.29, 0.717) is 26.2 Å². The maximum Gasteiger partial charge on any atom is 0.219 e. The summed E-state index contributed by atoms with van der Waals surface area (Å²) in [7, 11) is 0. The van der Waals surface area contributed by atoms with Gasteiger partial charge in [-0.2, -0.15) is 0 Å². The summed E-state index contributed by atoms with van der Waals surface area (Å²) in [6, 6.07) is 0. The van der Waals surface area contributed by atoms with Gasteiger partial charge < -0.3 is 30.6 Å². The average molecular weight is 331 g/mol. The molecule has 0 saturated carbocycles. The van der Waals surface area contributed by atoms with Crippen LogP contribution >= 0.6 is 11.6 Å². The van der Waals surface area contributed by atoms with E-state index < -0.39 is 0 Å². The lowest BCUT2D eigenvalue weighted by Gasteiger charge is -2.17. The molecule has 0 aliphatic rings. The molecule has 0 atom stereocenters. The lowest BCUT2D eigenvalue weighted by atomic mass is 10.4. The van der Waals surface area contributed by atoms with Crippen LogP contribution in [-0.4, -0.2) is 89.1 Å². The first-order valence-corrected chi connectivity index (χ1v) is 6.80. The van der Waals surface area contributed by atoms with Crippen molar-refractivity contribution in [3.63, 3.8) is 0 Å². The number of rotatable bonds is 8. The van der Waals surface area contributed by atoms with E-state index in [4.69, 9.17) is 20.4 Å². The Morgan fingerprint density at radius 2 is 1.24 bits per heavy atom. The first kappa shape index (κ1) is 25.2. The predicted molar refractivity (Wildman–Crippen MR) is 80.0 cm³/mol. The summed E-state index contributed by atoms with van der Waals surface area (Å²) < 4.78 is 0. The number of carbonyl (C=O) groups is 2. The van der Waals surface area contributed by atoms with Gasteiger partial charge in [-0.3, -0.25) is 9.59 Å². The Morgan fingerprint density at radius 3 is 1.43 bits per heavy atom. The van der Waals surface area contributed by atoms with Gasteiger partial charge in [-0.25, -0.2) is 0 Å². The molecule has 0 aliphatic carbocycles. The zero-order valence-corrected chi connectivity index (χ0v) is 13.3. The van der Waals surface area contributed by atoms with Crippen LogP contribution in [0.4, 0.5) is 0 Å². The van der Waals surface area contributed by atoms with Gasteiger partial charge in [0.05, 0.1) is 26.4 Å². The largest absolute Gasteiger partial charge is 0.395 e. The summed E-state index contributed by atoms with van der Waals surface area (Å²) in [5.41, 5.74) is 0. The van der Waals surface area contributed by atoms with Gasteiger partial charge in [-0.1, -0.05) is 0 Å². The molecule has 0 bridgehead atoms. The maximum absolute atomic E-state index is 10.6. The molecular formula is C12H27ClN2O6. The minimum Gasteiger partial charge on any atom is -0.395 e. The molecule has 5 N–H and O–H groups in total. The Labute approximate surface area is 130 Å². The first-order valence-electron chi connectivity index (χ1n) is 6.43. The zero-order valence-electron chi connectivity index (χ0n) is 12.6. The molecule has 0 spiro atoms. The van der Waals surface area contributed by atoms with Gasteiger partial charge in [0.15, 0.2) is 0 Å². The molecular weight excluding hydrogens is 304 g/mol. The standard InChI is InChI=1S/C6H13NO3.C4H11NO2.C2H3ClO/c1-6(10)7(2-4-8)3-5-9;6-3-1-5-2-4-7;1-2(3)4/h8-9H,2-5H2,1H3;5-7H,1-4H2;1H3. The van der Waals surface area contributed by atoms with Crippen LogP contribution in [0, 0.1) is 0 Å². The van der Waals surface area contributed by atoms with Crippen LogP contribution in [0.5, 0.6) is 0 Å². The lowest BCUT2D eigenvalue weighted by Crippen LogP contribution is -2.33. The fourth-order valence-electron chi connectivity index (χ4n) is 0.951. The third-order valence-corrected chi connectivity index (χ3v) is 1.76. The number of aliphatic hydroxyl groups excluding tert-OH is 4. The monoisotopic (exact) mass is 330 g/mol. The minimum absolute atomic E-state index is 0.0560. The van der Waals surface area contributed by atoms with Crippen molar-refractivity contribution in [3.05, 3.63) is 0 Å². The van der Waals surface area contributed by atoms with E-state index in [-0.39, 0.29) is 37.6 Å². The van der Waals surface area contributed by atoms with Crippen molar-refractivity contribution in [2.45, 2.75) is 13.8 Å². The highest BCUT2D eigenvalue weighted by molar-refractivity contribution is 6.62. The van der Waals surface area contributed by atoms with Gasteiger partial charge in [-0.05, 0) is 11.6 Å². The number of hydrogen-bond donors (Lipinski definition) is 5. The first-order chi connectivity index (χ1) is 9.87. The fourth-order valence-corrected chi connectivity index (χ4v) is 0.951. The van der Waals surface area contributed by atoms with Crippen LogP contribution in [0.2, 0.25) is 0 Å². The molecule has 0 aromatic rings. The second-order valence-corrected chi connectivity index (χ2v) is 4.15. The molecule has 0 aliphatic heterocycles. The fraction of sp³-hybridized carbons (Fsp3) is 0.833. The minimum atomic E-state index is -0.361. The summed E-state index contributed by atoms with van der Waals surface area (Å²) in [4.78, 5) is 21.2. The molecule has 0 rings (SSSR count). The third-order valence-electron chi connectivity index (χ3n) is 1.76. The summed E-state index contributed by atoms with van der Waals surface area (Å²) in [5.74, 6) is -0.122. The average Bonchev–Trinajstić information content (AvgIpc) is 2.39. The van der Waals surface area contributed by atoms with Gasteiger partial charge in [0.25, 0.3) is 0 Å². The Balaban J connectivity index is -0.000000256. The molecule has 21 heavy (non-hydrogen) atoms. The Kier molecular flexibility index (Phi) is 25.8. The van der Waals surface area contributed by atoms with Crippen molar-refractivity contribution >= 4 is 22.8 Å². The molecule has 0 aromatic heterocycles. The van der Waals surface area contributed by atoms with Crippen molar-refractivity contribution < 1.29 is 30.0 Å². The SMILES string of the molecule is CC(=O)Cl.CC(=O)N(CCO)CCO.OCCNCCO. The van der Waals surface area contributed by atoms with Gasteiger partial charge in [-0.15, -0.1) is 0 Å². The highest BCUT2D eigenvalue weighted by Gasteiger charge is 2.04. The van der Waals surface area contributed by atoms with Crippen LogP contribution in [-0.2, 0) is 9.59 Å². The van der Waals surface area contributed by atoms with E-state index >= 15 is 0 Å².